The van der Waals surface area contributed by atoms with E-state index in [9.17, 15) is 0 Å². The molecular formula is C21H21N. The van der Waals surface area contributed by atoms with E-state index >= 15 is 0 Å². The van der Waals surface area contributed by atoms with E-state index in [0.29, 0.717) is 0 Å². The molecule has 0 fully saturated rings. The number of allylic oxidation sites excluding steroid dienone is 4. The van der Waals surface area contributed by atoms with Crippen LogP contribution in [0.5, 0.6) is 0 Å². The van der Waals surface area contributed by atoms with Gasteiger partial charge >= 0.3 is 0 Å². The summed E-state index contributed by atoms with van der Waals surface area (Å²) in [4.78, 5) is 4.78. The summed E-state index contributed by atoms with van der Waals surface area (Å²) in [6, 6.07) is 18.7. The van der Waals surface area contributed by atoms with E-state index in [1.165, 1.54) is 27.8 Å². The number of rotatable bonds is 3. The Labute approximate surface area is 132 Å². The Balaban J connectivity index is 2.05. The Morgan fingerprint density at radius 1 is 0.909 bits per heavy atom. The lowest BCUT2D eigenvalue weighted by Crippen LogP contribution is -2.00. The van der Waals surface area contributed by atoms with Crippen LogP contribution in [0.25, 0.3) is 5.57 Å². The molecule has 1 aliphatic rings. The Morgan fingerprint density at radius 3 is 2.27 bits per heavy atom. The van der Waals surface area contributed by atoms with Crippen molar-refractivity contribution in [1.29, 1.82) is 0 Å². The van der Waals surface area contributed by atoms with Gasteiger partial charge in [-0.05, 0) is 56.0 Å². The molecule has 0 saturated heterocycles. The lowest BCUT2D eigenvalue weighted by molar-refractivity contribution is 1.37. The number of para-hydroxylation sites is 1. The maximum Gasteiger partial charge on any atom is 0.0633 e. The average molecular weight is 287 g/mol. The summed E-state index contributed by atoms with van der Waals surface area (Å²) >= 11 is 0. The van der Waals surface area contributed by atoms with E-state index in [1.54, 1.807) is 0 Å². The number of aliphatic imine (C=N–C) groups is 1. The minimum Gasteiger partial charge on any atom is -0.253 e. The molecule has 0 unspecified atom stereocenters. The van der Waals surface area contributed by atoms with Gasteiger partial charge in [0.1, 0.15) is 0 Å². The van der Waals surface area contributed by atoms with Crippen LogP contribution in [0, 0.1) is 0 Å². The highest BCUT2D eigenvalue weighted by molar-refractivity contribution is 6.04. The minimum absolute atomic E-state index is 1.00. The SMILES string of the molecule is CC1=CCC(c2ccccc2C(C)=Nc2ccccc2)=C1C. The van der Waals surface area contributed by atoms with Gasteiger partial charge in [-0.15, -0.1) is 0 Å². The first-order valence-electron chi connectivity index (χ1n) is 7.74. The molecule has 2 aromatic rings. The summed E-state index contributed by atoms with van der Waals surface area (Å²) in [6.45, 7) is 6.50. The zero-order chi connectivity index (χ0) is 15.5. The summed E-state index contributed by atoms with van der Waals surface area (Å²) in [7, 11) is 0. The van der Waals surface area contributed by atoms with Crippen LogP contribution in [0.4, 0.5) is 5.69 Å². The highest BCUT2D eigenvalue weighted by Crippen LogP contribution is 2.35. The first kappa shape index (κ1) is 14.5. The molecule has 0 bridgehead atoms. The Bertz CT molecular complexity index is 777. The zero-order valence-electron chi connectivity index (χ0n) is 13.4. The third-order valence-corrected chi connectivity index (χ3v) is 4.35. The van der Waals surface area contributed by atoms with Gasteiger partial charge in [-0.3, -0.25) is 4.99 Å². The minimum atomic E-state index is 1.00. The molecular weight excluding hydrogens is 266 g/mol. The van der Waals surface area contributed by atoms with Crippen LogP contribution in [-0.2, 0) is 0 Å². The molecule has 1 heteroatoms. The molecule has 1 nitrogen and oxygen atoms in total. The third kappa shape index (κ3) is 2.80. The number of hydrogen-bond acceptors (Lipinski definition) is 1. The molecule has 0 aromatic heterocycles. The molecule has 3 rings (SSSR count). The Hall–Kier alpha value is -2.41. The maximum atomic E-state index is 4.78. The first-order chi connectivity index (χ1) is 10.7. The van der Waals surface area contributed by atoms with Crippen molar-refractivity contribution in [2.24, 2.45) is 4.99 Å². The fourth-order valence-electron chi connectivity index (χ4n) is 2.93. The van der Waals surface area contributed by atoms with E-state index in [1.807, 2.05) is 30.3 Å². The van der Waals surface area contributed by atoms with Crippen LogP contribution in [0.15, 0.2) is 76.8 Å². The summed E-state index contributed by atoms with van der Waals surface area (Å²) in [5.41, 5.74) is 8.82. The van der Waals surface area contributed by atoms with E-state index in [0.717, 1.165) is 17.8 Å². The van der Waals surface area contributed by atoms with E-state index in [4.69, 9.17) is 4.99 Å². The van der Waals surface area contributed by atoms with Crippen molar-refractivity contribution in [3.05, 3.63) is 82.9 Å². The van der Waals surface area contributed by atoms with Crippen LogP contribution in [0.3, 0.4) is 0 Å². The normalized spacial score (nSPS) is 15.2. The fourth-order valence-corrected chi connectivity index (χ4v) is 2.93. The predicted octanol–water partition coefficient (Wildman–Crippen LogP) is 5.95. The molecule has 0 amide bonds. The van der Waals surface area contributed by atoms with Crippen molar-refractivity contribution in [3.8, 4) is 0 Å². The third-order valence-electron chi connectivity index (χ3n) is 4.35. The number of benzene rings is 2. The van der Waals surface area contributed by atoms with E-state index in [-0.39, 0.29) is 0 Å². The second-order valence-electron chi connectivity index (χ2n) is 5.77. The largest absolute Gasteiger partial charge is 0.253 e. The Morgan fingerprint density at radius 2 is 1.59 bits per heavy atom. The lowest BCUT2D eigenvalue weighted by atomic mass is 9.94. The van der Waals surface area contributed by atoms with Gasteiger partial charge in [0.05, 0.1) is 5.69 Å². The molecule has 0 radical (unpaired) electrons. The maximum absolute atomic E-state index is 4.78. The summed E-state index contributed by atoms with van der Waals surface area (Å²) in [5.74, 6) is 0. The molecule has 0 spiro atoms. The van der Waals surface area contributed by atoms with Gasteiger partial charge in [-0.25, -0.2) is 0 Å². The van der Waals surface area contributed by atoms with Gasteiger partial charge in [0.2, 0.25) is 0 Å². The molecule has 0 saturated carbocycles. The van der Waals surface area contributed by atoms with Gasteiger partial charge in [0.25, 0.3) is 0 Å². The second-order valence-corrected chi connectivity index (χ2v) is 5.77. The second kappa shape index (κ2) is 6.15. The van der Waals surface area contributed by atoms with Crippen LogP contribution >= 0.6 is 0 Å². The molecule has 110 valence electrons. The van der Waals surface area contributed by atoms with Crippen molar-refractivity contribution in [2.75, 3.05) is 0 Å². The van der Waals surface area contributed by atoms with Crippen LogP contribution < -0.4 is 0 Å². The summed E-state index contributed by atoms with van der Waals surface area (Å²) in [5, 5.41) is 0. The molecule has 1 aliphatic carbocycles. The number of hydrogen-bond donors (Lipinski definition) is 0. The van der Waals surface area contributed by atoms with Gasteiger partial charge in [0.15, 0.2) is 0 Å². The highest BCUT2D eigenvalue weighted by atomic mass is 14.7. The Kier molecular flexibility index (Phi) is 4.06. The topological polar surface area (TPSA) is 12.4 Å². The standard InChI is InChI=1S/C21H21N/c1-15-13-14-19(16(15)2)21-12-8-7-11-20(21)17(3)22-18-9-5-4-6-10-18/h4-13H,14H2,1-3H3. The van der Waals surface area contributed by atoms with Gasteiger partial charge < -0.3 is 0 Å². The zero-order valence-corrected chi connectivity index (χ0v) is 13.4. The molecule has 0 N–H and O–H groups in total. The van der Waals surface area contributed by atoms with Crippen molar-refractivity contribution in [2.45, 2.75) is 27.2 Å². The number of nitrogens with zero attached hydrogens (tertiary/aromatic N) is 1. The van der Waals surface area contributed by atoms with Crippen molar-refractivity contribution in [3.63, 3.8) is 0 Å². The van der Waals surface area contributed by atoms with Gasteiger partial charge in [-0.1, -0.05) is 54.1 Å². The van der Waals surface area contributed by atoms with Gasteiger partial charge in [0, 0.05) is 11.3 Å². The smallest absolute Gasteiger partial charge is 0.0633 e. The predicted molar refractivity (Wildman–Crippen MR) is 95.7 cm³/mol. The molecule has 0 atom stereocenters. The van der Waals surface area contributed by atoms with E-state index in [2.05, 4.69) is 51.1 Å². The van der Waals surface area contributed by atoms with Crippen molar-refractivity contribution >= 4 is 17.0 Å². The summed E-state index contributed by atoms with van der Waals surface area (Å²) in [6.07, 6.45) is 3.33. The van der Waals surface area contributed by atoms with Crippen LogP contribution in [0.1, 0.15) is 38.3 Å². The monoisotopic (exact) mass is 287 g/mol. The molecule has 22 heavy (non-hydrogen) atoms. The fraction of sp³-hybridized carbons (Fsp3) is 0.190. The summed E-state index contributed by atoms with van der Waals surface area (Å²) < 4.78 is 0. The van der Waals surface area contributed by atoms with Crippen molar-refractivity contribution < 1.29 is 0 Å². The van der Waals surface area contributed by atoms with Crippen molar-refractivity contribution in [1.82, 2.24) is 0 Å². The van der Waals surface area contributed by atoms with E-state index < -0.39 is 0 Å². The highest BCUT2D eigenvalue weighted by Gasteiger charge is 2.16. The molecule has 0 heterocycles. The van der Waals surface area contributed by atoms with Crippen LogP contribution in [0.2, 0.25) is 0 Å². The molecule has 2 aromatic carbocycles. The quantitative estimate of drug-likeness (QED) is 0.618. The molecule has 0 aliphatic heterocycles. The first-order valence-corrected chi connectivity index (χ1v) is 7.74. The average Bonchev–Trinajstić information content (AvgIpc) is 2.88. The lowest BCUT2D eigenvalue weighted by Gasteiger charge is -2.12. The van der Waals surface area contributed by atoms with Gasteiger partial charge in [-0.2, -0.15) is 0 Å². The van der Waals surface area contributed by atoms with Crippen LogP contribution in [-0.4, -0.2) is 5.71 Å².